The summed E-state index contributed by atoms with van der Waals surface area (Å²) in [5, 5.41) is 1.02. The first-order chi connectivity index (χ1) is 16.1. The summed E-state index contributed by atoms with van der Waals surface area (Å²) in [6, 6.07) is 13.4. The number of likely N-dealkylation sites (tertiary alicyclic amines) is 2. The van der Waals surface area contributed by atoms with Gasteiger partial charge in [-0.1, -0.05) is 30.3 Å². The number of hydrogen-bond acceptors (Lipinski definition) is 3. The number of hydrogen-bond donors (Lipinski definition) is 1. The molecule has 2 aliphatic heterocycles. The van der Waals surface area contributed by atoms with E-state index >= 15 is 0 Å². The van der Waals surface area contributed by atoms with E-state index in [0.717, 1.165) is 53.5 Å². The minimum Gasteiger partial charge on any atom is -0.345 e. The van der Waals surface area contributed by atoms with E-state index in [4.69, 9.17) is 5.73 Å². The van der Waals surface area contributed by atoms with E-state index in [1.165, 1.54) is 32.0 Å². The number of carbonyl (C=O) groups is 1. The minimum atomic E-state index is -0.168. The van der Waals surface area contributed by atoms with Crippen LogP contribution in [0.15, 0.2) is 48.7 Å². The smallest absolute Gasteiger partial charge is 0.256 e. The molecular weight excluding hydrogens is 486 g/mol. The van der Waals surface area contributed by atoms with Gasteiger partial charge in [-0.2, -0.15) is 0 Å². The van der Waals surface area contributed by atoms with Crippen LogP contribution in [-0.4, -0.2) is 53.0 Å². The molecule has 190 valence electrons. The Hall–Kier alpha value is -2.12. The van der Waals surface area contributed by atoms with Crippen molar-refractivity contribution in [3.05, 3.63) is 71.2 Å². The zero-order valence-corrected chi connectivity index (χ0v) is 21.6. The third-order valence-corrected chi connectivity index (χ3v) is 7.39. The van der Waals surface area contributed by atoms with Crippen LogP contribution in [0.4, 0.5) is 4.39 Å². The van der Waals surface area contributed by atoms with Gasteiger partial charge in [0.1, 0.15) is 5.82 Å². The van der Waals surface area contributed by atoms with E-state index in [-0.39, 0.29) is 42.5 Å². The van der Waals surface area contributed by atoms with Crippen molar-refractivity contribution >= 4 is 41.6 Å². The molecule has 0 bridgehead atoms. The summed E-state index contributed by atoms with van der Waals surface area (Å²) < 4.78 is 16.7. The second-order valence-electron chi connectivity index (χ2n) is 9.43. The first-order valence-electron chi connectivity index (χ1n) is 12.2. The van der Waals surface area contributed by atoms with Crippen LogP contribution in [0.1, 0.15) is 53.1 Å². The van der Waals surface area contributed by atoms with Crippen LogP contribution >= 0.6 is 24.8 Å². The Balaban J connectivity index is 0.00000171. The highest BCUT2D eigenvalue weighted by Gasteiger charge is 2.28. The molecule has 2 aromatic carbocycles. The summed E-state index contributed by atoms with van der Waals surface area (Å²) in [6.45, 7) is 5.96. The normalized spacial score (nSPS) is 16.8. The zero-order chi connectivity index (χ0) is 22.8. The molecule has 5 nitrogen and oxygen atoms in total. The lowest BCUT2D eigenvalue weighted by atomic mass is 9.88. The fourth-order valence-electron chi connectivity index (χ4n) is 5.45. The van der Waals surface area contributed by atoms with E-state index in [1.807, 2.05) is 29.3 Å². The number of amides is 1. The van der Waals surface area contributed by atoms with Crippen molar-refractivity contribution in [2.24, 2.45) is 5.73 Å². The van der Waals surface area contributed by atoms with Gasteiger partial charge in [0.25, 0.3) is 5.91 Å². The van der Waals surface area contributed by atoms with Crippen LogP contribution in [-0.2, 0) is 13.1 Å². The lowest BCUT2D eigenvalue weighted by Gasteiger charge is -2.32. The molecule has 0 aliphatic carbocycles. The molecule has 2 fully saturated rings. The Kier molecular flexibility index (Phi) is 9.59. The molecule has 0 unspecified atom stereocenters. The van der Waals surface area contributed by atoms with Crippen LogP contribution in [0.3, 0.4) is 0 Å². The highest BCUT2D eigenvalue weighted by atomic mass is 35.5. The number of piperidine rings is 1. The SMILES string of the molecule is Cl.Cl.NCc1ccc(F)c(C2CCN(C(=O)c3cn(CCN4CCCC4)c4ccccc34)CC2)c1. The van der Waals surface area contributed by atoms with Crippen LogP contribution < -0.4 is 5.73 Å². The van der Waals surface area contributed by atoms with Gasteiger partial charge in [-0.25, -0.2) is 4.39 Å². The van der Waals surface area contributed by atoms with Gasteiger partial charge in [0.2, 0.25) is 0 Å². The Labute approximate surface area is 219 Å². The van der Waals surface area contributed by atoms with E-state index in [9.17, 15) is 9.18 Å². The summed E-state index contributed by atoms with van der Waals surface area (Å²) in [7, 11) is 0. The van der Waals surface area contributed by atoms with Crippen molar-refractivity contribution in [1.29, 1.82) is 0 Å². The summed E-state index contributed by atoms with van der Waals surface area (Å²) >= 11 is 0. The maximum absolute atomic E-state index is 14.4. The van der Waals surface area contributed by atoms with Gasteiger partial charge in [0.15, 0.2) is 0 Å². The topological polar surface area (TPSA) is 54.5 Å². The van der Waals surface area contributed by atoms with Crippen molar-refractivity contribution in [1.82, 2.24) is 14.4 Å². The van der Waals surface area contributed by atoms with Crippen LogP contribution in [0, 0.1) is 5.82 Å². The predicted molar refractivity (Wildman–Crippen MR) is 144 cm³/mol. The fraction of sp³-hybridized carbons (Fsp3) is 0.444. The number of nitrogens with two attached hydrogens (primary N) is 1. The van der Waals surface area contributed by atoms with Gasteiger partial charge in [-0.3, -0.25) is 4.79 Å². The van der Waals surface area contributed by atoms with Crippen molar-refractivity contribution < 1.29 is 9.18 Å². The molecule has 2 saturated heterocycles. The highest BCUT2D eigenvalue weighted by molar-refractivity contribution is 6.07. The largest absolute Gasteiger partial charge is 0.345 e. The van der Waals surface area contributed by atoms with Crippen molar-refractivity contribution in [3.63, 3.8) is 0 Å². The molecule has 0 saturated carbocycles. The number of halogens is 3. The molecule has 1 aromatic heterocycles. The van der Waals surface area contributed by atoms with Crippen LogP contribution in [0.25, 0.3) is 10.9 Å². The van der Waals surface area contributed by atoms with Gasteiger partial charge in [-0.15, -0.1) is 24.8 Å². The fourth-order valence-corrected chi connectivity index (χ4v) is 5.45. The molecule has 2 N–H and O–H groups in total. The number of rotatable bonds is 6. The highest BCUT2D eigenvalue weighted by Crippen LogP contribution is 2.32. The van der Waals surface area contributed by atoms with Gasteiger partial charge in [0, 0.05) is 49.8 Å². The van der Waals surface area contributed by atoms with E-state index in [1.54, 1.807) is 6.07 Å². The Morgan fingerprint density at radius 3 is 2.40 bits per heavy atom. The first kappa shape index (κ1) is 27.5. The molecule has 0 radical (unpaired) electrons. The first-order valence-corrected chi connectivity index (χ1v) is 12.2. The average molecular weight is 522 g/mol. The quantitative estimate of drug-likeness (QED) is 0.486. The second-order valence-corrected chi connectivity index (χ2v) is 9.43. The summed E-state index contributed by atoms with van der Waals surface area (Å²) in [5.74, 6) is 0.0427. The number of fused-ring (bicyclic) bond motifs is 1. The zero-order valence-electron chi connectivity index (χ0n) is 20.0. The van der Waals surface area contributed by atoms with Crippen molar-refractivity contribution in [3.8, 4) is 0 Å². The third-order valence-electron chi connectivity index (χ3n) is 7.39. The lowest BCUT2D eigenvalue weighted by Crippen LogP contribution is -2.38. The maximum atomic E-state index is 14.4. The van der Waals surface area contributed by atoms with E-state index in [0.29, 0.717) is 19.6 Å². The lowest BCUT2D eigenvalue weighted by molar-refractivity contribution is 0.0714. The Morgan fingerprint density at radius 1 is 0.971 bits per heavy atom. The molecule has 2 aliphatic rings. The number of para-hydroxylation sites is 1. The Morgan fingerprint density at radius 2 is 1.69 bits per heavy atom. The molecule has 35 heavy (non-hydrogen) atoms. The molecule has 0 spiro atoms. The minimum absolute atomic E-state index is 0. The van der Waals surface area contributed by atoms with Gasteiger partial charge in [-0.05, 0) is 68.0 Å². The maximum Gasteiger partial charge on any atom is 0.256 e. The van der Waals surface area contributed by atoms with Gasteiger partial charge >= 0.3 is 0 Å². The number of nitrogens with zero attached hydrogens (tertiary/aromatic N) is 3. The number of benzene rings is 2. The molecular formula is C27H35Cl2FN4O. The molecule has 1 amide bonds. The van der Waals surface area contributed by atoms with E-state index in [2.05, 4.69) is 21.6 Å². The second kappa shape index (κ2) is 12.2. The number of carbonyl (C=O) groups excluding carboxylic acids is 1. The number of aromatic nitrogens is 1. The molecule has 3 heterocycles. The predicted octanol–water partition coefficient (Wildman–Crippen LogP) is 5.20. The monoisotopic (exact) mass is 520 g/mol. The van der Waals surface area contributed by atoms with Crippen LogP contribution in [0.5, 0.6) is 0 Å². The molecule has 8 heteroatoms. The standard InChI is InChI=1S/C27H33FN4O.2ClH/c28-25-8-7-20(18-29)17-23(25)21-9-13-31(14-10-21)27(33)24-19-32(16-15-30-11-3-4-12-30)26-6-2-1-5-22(24)26;;/h1-2,5-8,17,19,21H,3-4,9-16,18,29H2;2*1H. The van der Waals surface area contributed by atoms with Crippen molar-refractivity contribution in [2.45, 2.75) is 44.7 Å². The molecule has 5 rings (SSSR count). The molecule has 0 atom stereocenters. The van der Waals surface area contributed by atoms with Crippen LogP contribution in [0.2, 0.25) is 0 Å². The Bertz CT molecular complexity index is 1140. The summed E-state index contributed by atoms with van der Waals surface area (Å²) in [5.41, 5.74) is 9.34. The van der Waals surface area contributed by atoms with Gasteiger partial charge < -0.3 is 20.1 Å². The summed E-state index contributed by atoms with van der Waals surface area (Å²) in [4.78, 5) is 17.9. The van der Waals surface area contributed by atoms with Gasteiger partial charge in [0.05, 0.1) is 5.56 Å². The van der Waals surface area contributed by atoms with Crippen molar-refractivity contribution in [2.75, 3.05) is 32.7 Å². The average Bonchev–Trinajstić information content (AvgIpc) is 3.51. The van der Waals surface area contributed by atoms with E-state index < -0.39 is 0 Å². The third kappa shape index (κ3) is 5.83. The molecule has 3 aromatic rings. The summed E-state index contributed by atoms with van der Waals surface area (Å²) in [6.07, 6.45) is 6.15.